The van der Waals surface area contributed by atoms with E-state index in [-0.39, 0.29) is 6.61 Å². The maximum Gasteiger partial charge on any atom is 0.336 e. The summed E-state index contributed by atoms with van der Waals surface area (Å²) in [5, 5.41) is 0. The lowest BCUT2D eigenvalue weighted by Gasteiger charge is -2.29. The Balaban J connectivity index is 1.51. The number of halogens is 1. The molecule has 2 atom stereocenters. The van der Waals surface area contributed by atoms with Crippen molar-refractivity contribution in [1.82, 2.24) is 4.90 Å². The van der Waals surface area contributed by atoms with Crippen molar-refractivity contribution in [2.75, 3.05) is 20.3 Å². The molecule has 0 saturated carbocycles. The lowest BCUT2D eigenvalue weighted by Crippen LogP contribution is -2.36. The zero-order chi connectivity index (χ0) is 22.8. The smallest absolute Gasteiger partial charge is 0.336 e. The van der Waals surface area contributed by atoms with Gasteiger partial charge in [-0.05, 0) is 53.0 Å². The Morgan fingerprint density at radius 2 is 1.84 bits per heavy atom. The number of benzene rings is 1. The zero-order valence-corrected chi connectivity index (χ0v) is 19.8. The van der Waals surface area contributed by atoms with Crippen LogP contribution in [0.2, 0.25) is 0 Å². The minimum atomic E-state index is -0.766. The van der Waals surface area contributed by atoms with Gasteiger partial charge in [-0.25, -0.2) is 4.79 Å². The Morgan fingerprint density at radius 3 is 2.44 bits per heavy atom. The number of hydrogen-bond acceptors (Lipinski definition) is 7. The van der Waals surface area contributed by atoms with Crippen molar-refractivity contribution >= 4 is 33.6 Å². The van der Waals surface area contributed by atoms with E-state index in [1.807, 2.05) is 12.1 Å². The Bertz CT molecular complexity index is 1080. The SMILES string of the molecule is COC(=O)C1C(C)=NC(C)=C(C(=O)OCCN2Cc3ccccc3C2)C1c1ccc(Br)o1. The largest absolute Gasteiger partial charge is 0.468 e. The summed E-state index contributed by atoms with van der Waals surface area (Å²) in [6.45, 7) is 6.04. The molecule has 2 aliphatic rings. The summed E-state index contributed by atoms with van der Waals surface area (Å²) < 4.78 is 16.9. The van der Waals surface area contributed by atoms with Crippen LogP contribution in [0.1, 0.15) is 36.7 Å². The molecule has 168 valence electrons. The van der Waals surface area contributed by atoms with Crippen molar-refractivity contribution in [3.05, 3.63) is 69.2 Å². The van der Waals surface area contributed by atoms with E-state index in [1.54, 1.807) is 26.0 Å². The third-order valence-corrected chi connectivity index (χ3v) is 6.38. The van der Waals surface area contributed by atoms with Crippen LogP contribution < -0.4 is 0 Å². The fourth-order valence-corrected chi connectivity index (χ4v) is 4.76. The Morgan fingerprint density at radius 1 is 1.16 bits per heavy atom. The van der Waals surface area contributed by atoms with Crippen molar-refractivity contribution < 1.29 is 23.5 Å². The van der Waals surface area contributed by atoms with E-state index in [1.165, 1.54) is 18.2 Å². The number of hydrogen-bond donors (Lipinski definition) is 0. The molecule has 0 spiro atoms. The molecule has 0 radical (unpaired) electrons. The molecule has 2 aliphatic heterocycles. The summed E-state index contributed by atoms with van der Waals surface area (Å²) in [6.07, 6.45) is 0. The van der Waals surface area contributed by atoms with Gasteiger partial charge in [0.2, 0.25) is 0 Å². The maximum absolute atomic E-state index is 13.2. The second-order valence-electron chi connectivity index (χ2n) is 7.99. The van der Waals surface area contributed by atoms with Gasteiger partial charge in [0, 0.05) is 31.0 Å². The number of allylic oxidation sites excluding steroid dienone is 1. The minimum absolute atomic E-state index is 0.240. The van der Waals surface area contributed by atoms with Gasteiger partial charge in [0.25, 0.3) is 0 Å². The van der Waals surface area contributed by atoms with E-state index < -0.39 is 23.8 Å². The number of rotatable bonds is 6. The molecule has 3 heterocycles. The Hall–Kier alpha value is -2.71. The molecule has 7 nitrogen and oxygen atoms in total. The molecule has 0 bridgehead atoms. The topological polar surface area (TPSA) is 81.3 Å². The van der Waals surface area contributed by atoms with Crippen molar-refractivity contribution in [2.45, 2.75) is 32.9 Å². The molecular formula is C24H25BrN2O5. The molecule has 0 amide bonds. The van der Waals surface area contributed by atoms with Crippen LogP contribution in [0.25, 0.3) is 0 Å². The lowest BCUT2D eigenvalue weighted by atomic mass is 9.78. The van der Waals surface area contributed by atoms with Crippen molar-refractivity contribution in [3.63, 3.8) is 0 Å². The van der Waals surface area contributed by atoms with Crippen LogP contribution in [-0.4, -0.2) is 42.8 Å². The first-order chi connectivity index (χ1) is 15.4. The summed E-state index contributed by atoms with van der Waals surface area (Å²) >= 11 is 3.30. The second-order valence-corrected chi connectivity index (χ2v) is 8.77. The number of carbonyl (C=O) groups excluding carboxylic acids is 2. The average Bonchev–Trinajstić information content (AvgIpc) is 3.38. The van der Waals surface area contributed by atoms with E-state index in [0.29, 0.717) is 34.0 Å². The second kappa shape index (κ2) is 9.42. The molecule has 2 unspecified atom stereocenters. The highest BCUT2D eigenvalue weighted by Gasteiger charge is 2.44. The molecule has 1 aromatic heterocycles. The van der Waals surface area contributed by atoms with Gasteiger partial charge < -0.3 is 13.9 Å². The number of esters is 2. The number of aliphatic imine (C=N–C) groups is 1. The Labute approximate surface area is 195 Å². The van der Waals surface area contributed by atoms with Gasteiger partial charge >= 0.3 is 11.9 Å². The predicted octanol–water partition coefficient (Wildman–Crippen LogP) is 4.22. The van der Waals surface area contributed by atoms with Gasteiger partial charge in [0.05, 0.1) is 18.6 Å². The van der Waals surface area contributed by atoms with Crippen LogP contribution in [0.3, 0.4) is 0 Å². The quantitative estimate of drug-likeness (QED) is 0.552. The first-order valence-electron chi connectivity index (χ1n) is 10.4. The van der Waals surface area contributed by atoms with Crippen LogP contribution in [0.15, 0.2) is 61.7 Å². The van der Waals surface area contributed by atoms with Crippen molar-refractivity contribution in [2.24, 2.45) is 10.9 Å². The summed E-state index contributed by atoms with van der Waals surface area (Å²) in [7, 11) is 1.32. The molecule has 0 saturated heterocycles. The first-order valence-corrected chi connectivity index (χ1v) is 11.2. The van der Waals surface area contributed by atoms with Crippen LogP contribution in [0, 0.1) is 5.92 Å². The zero-order valence-electron chi connectivity index (χ0n) is 18.3. The standard InChI is InChI=1S/C24H25BrN2O5/c1-14-20(23(28)30-3)22(18-8-9-19(25)32-18)21(15(2)26-14)24(29)31-11-10-27-12-16-6-4-5-7-17(16)13-27/h4-9,20,22H,10-13H2,1-3H3. The molecule has 8 heteroatoms. The molecule has 2 aromatic rings. The van der Waals surface area contributed by atoms with E-state index in [4.69, 9.17) is 13.9 Å². The lowest BCUT2D eigenvalue weighted by molar-refractivity contribution is -0.144. The van der Waals surface area contributed by atoms with Crippen molar-refractivity contribution in [1.29, 1.82) is 0 Å². The van der Waals surface area contributed by atoms with E-state index >= 15 is 0 Å². The first kappa shape index (κ1) is 22.5. The number of fused-ring (bicyclic) bond motifs is 1. The number of furan rings is 1. The van der Waals surface area contributed by atoms with E-state index in [0.717, 1.165) is 13.1 Å². The highest BCUT2D eigenvalue weighted by molar-refractivity contribution is 9.10. The maximum atomic E-state index is 13.2. The van der Waals surface area contributed by atoms with E-state index in [9.17, 15) is 9.59 Å². The fraction of sp³-hybridized carbons (Fsp3) is 0.375. The van der Waals surface area contributed by atoms with Gasteiger partial charge in [-0.3, -0.25) is 14.7 Å². The normalized spacial score (nSPS) is 20.7. The minimum Gasteiger partial charge on any atom is -0.468 e. The summed E-state index contributed by atoms with van der Waals surface area (Å²) in [6, 6.07) is 11.8. The highest BCUT2D eigenvalue weighted by Crippen LogP contribution is 2.41. The fourth-order valence-electron chi connectivity index (χ4n) is 4.44. The van der Waals surface area contributed by atoms with Crippen LogP contribution >= 0.6 is 15.9 Å². The molecule has 0 aliphatic carbocycles. The van der Waals surface area contributed by atoms with Gasteiger partial charge in [0.1, 0.15) is 18.3 Å². The van der Waals surface area contributed by atoms with Gasteiger partial charge in [-0.15, -0.1) is 0 Å². The number of carbonyl (C=O) groups is 2. The van der Waals surface area contributed by atoms with Crippen molar-refractivity contribution in [3.8, 4) is 0 Å². The number of nitrogens with zero attached hydrogens (tertiary/aromatic N) is 2. The van der Waals surface area contributed by atoms with Gasteiger partial charge in [-0.1, -0.05) is 24.3 Å². The molecule has 1 aromatic carbocycles. The molecular weight excluding hydrogens is 476 g/mol. The van der Waals surface area contributed by atoms with Crippen LogP contribution in [0.4, 0.5) is 0 Å². The summed E-state index contributed by atoms with van der Waals surface area (Å²) in [5.74, 6) is -1.94. The predicted molar refractivity (Wildman–Crippen MR) is 122 cm³/mol. The monoisotopic (exact) mass is 500 g/mol. The molecule has 0 N–H and O–H groups in total. The van der Waals surface area contributed by atoms with E-state index in [2.05, 4.69) is 38.0 Å². The number of ether oxygens (including phenoxy) is 2. The van der Waals surface area contributed by atoms with Crippen LogP contribution in [0.5, 0.6) is 0 Å². The van der Waals surface area contributed by atoms with Crippen LogP contribution in [-0.2, 0) is 32.2 Å². The van der Waals surface area contributed by atoms with Gasteiger partial charge in [0.15, 0.2) is 4.67 Å². The third-order valence-electron chi connectivity index (χ3n) is 5.95. The summed E-state index contributed by atoms with van der Waals surface area (Å²) in [5.41, 5.74) is 4.01. The molecule has 4 rings (SSSR count). The number of methoxy groups -OCH3 is 1. The third kappa shape index (κ3) is 4.42. The molecule has 0 fully saturated rings. The Kier molecular flexibility index (Phi) is 6.62. The highest BCUT2D eigenvalue weighted by atomic mass is 79.9. The summed E-state index contributed by atoms with van der Waals surface area (Å²) in [4.78, 5) is 32.5. The molecule has 32 heavy (non-hydrogen) atoms. The average molecular weight is 501 g/mol. The van der Waals surface area contributed by atoms with Gasteiger partial charge in [-0.2, -0.15) is 0 Å².